The minimum atomic E-state index is -0.228. The highest BCUT2D eigenvalue weighted by atomic mass is 16.2. The molecule has 0 aliphatic carbocycles. The van der Waals surface area contributed by atoms with E-state index in [-0.39, 0.29) is 17.4 Å². The van der Waals surface area contributed by atoms with E-state index >= 15 is 0 Å². The van der Waals surface area contributed by atoms with Gasteiger partial charge in [-0.2, -0.15) is 0 Å². The summed E-state index contributed by atoms with van der Waals surface area (Å²) in [6.45, 7) is 0.609. The van der Waals surface area contributed by atoms with E-state index in [1.807, 2.05) is 0 Å². The predicted molar refractivity (Wildman–Crippen MR) is 37.7 cm³/mol. The summed E-state index contributed by atoms with van der Waals surface area (Å²) in [5.74, 6) is 0.119. The number of nitrogens with one attached hydrogen (secondary N) is 2. The summed E-state index contributed by atoms with van der Waals surface area (Å²) < 4.78 is 0. The first-order chi connectivity index (χ1) is 5.20. The second kappa shape index (κ2) is 1.96. The average Bonchev–Trinajstić information content (AvgIpc) is 2.44. The molecule has 2 aliphatic heterocycles. The van der Waals surface area contributed by atoms with Crippen LogP contribution in [0.1, 0.15) is 19.3 Å². The zero-order valence-electron chi connectivity index (χ0n) is 6.14. The number of carbonyl (C=O) groups is 2. The van der Waals surface area contributed by atoms with Crippen LogP contribution in [0, 0.1) is 0 Å². The Bertz CT molecular complexity index is 200. The Labute approximate surface area is 64.3 Å². The lowest BCUT2D eigenvalue weighted by Gasteiger charge is -2.19. The van der Waals surface area contributed by atoms with Gasteiger partial charge in [-0.3, -0.25) is 9.59 Å². The highest BCUT2D eigenvalue weighted by molar-refractivity contribution is 5.85. The van der Waals surface area contributed by atoms with E-state index in [0.717, 1.165) is 6.42 Å². The van der Waals surface area contributed by atoms with Crippen LogP contribution >= 0.6 is 0 Å². The van der Waals surface area contributed by atoms with Crippen molar-refractivity contribution in [2.75, 3.05) is 6.54 Å². The van der Waals surface area contributed by atoms with Gasteiger partial charge in [-0.15, -0.1) is 0 Å². The molecular formula is C7H10N2O2. The van der Waals surface area contributed by atoms with Crippen LogP contribution < -0.4 is 10.6 Å². The van der Waals surface area contributed by atoms with Crippen LogP contribution in [0.15, 0.2) is 0 Å². The van der Waals surface area contributed by atoms with Crippen molar-refractivity contribution in [2.24, 2.45) is 0 Å². The monoisotopic (exact) mass is 154 g/mol. The van der Waals surface area contributed by atoms with Gasteiger partial charge in [0.05, 0.1) is 12.0 Å². The predicted octanol–water partition coefficient (Wildman–Crippen LogP) is -0.845. The van der Waals surface area contributed by atoms with E-state index in [1.165, 1.54) is 0 Å². The van der Waals surface area contributed by atoms with E-state index in [2.05, 4.69) is 10.6 Å². The fourth-order valence-electron chi connectivity index (χ4n) is 1.74. The fraction of sp³-hybridized carbons (Fsp3) is 0.714. The first-order valence-corrected chi connectivity index (χ1v) is 3.78. The molecule has 60 valence electrons. The molecule has 0 saturated carbocycles. The third-order valence-corrected chi connectivity index (χ3v) is 2.36. The van der Waals surface area contributed by atoms with Crippen molar-refractivity contribution in [3.8, 4) is 0 Å². The van der Waals surface area contributed by atoms with E-state index in [9.17, 15) is 9.59 Å². The van der Waals surface area contributed by atoms with Crippen molar-refractivity contribution >= 4 is 11.8 Å². The molecule has 0 aromatic rings. The third-order valence-electron chi connectivity index (χ3n) is 2.36. The largest absolute Gasteiger partial charge is 0.354 e. The van der Waals surface area contributed by atoms with Crippen molar-refractivity contribution in [3.63, 3.8) is 0 Å². The summed E-state index contributed by atoms with van der Waals surface area (Å²) in [5, 5.41) is 5.56. The van der Waals surface area contributed by atoms with E-state index in [4.69, 9.17) is 0 Å². The molecule has 2 N–H and O–H groups in total. The average molecular weight is 154 g/mol. The van der Waals surface area contributed by atoms with E-state index in [0.29, 0.717) is 19.4 Å². The molecule has 0 radical (unpaired) electrons. The van der Waals surface area contributed by atoms with Crippen LogP contribution in [0.25, 0.3) is 0 Å². The molecule has 1 spiro atoms. The molecule has 2 saturated heterocycles. The van der Waals surface area contributed by atoms with Crippen molar-refractivity contribution in [1.29, 1.82) is 0 Å². The summed E-state index contributed by atoms with van der Waals surface area (Å²) in [7, 11) is 0. The minimum absolute atomic E-state index is 0.0483. The van der Waals surface area contributed by atoms with Crippen molar-refractivity contribution < 1.29 is 9.59 Å². The molecule has 0 bridgehead atoms. The summed E-state index contributed by atoms with van der Waals surface area (Å²) in [6, 6.07) is 0. The topological polar surface area (TPSA) is 58.2 Å². The third kappa shape index (κ3) is 0.982. The maximum Gasteiger partial charge on any atom is 0.222 e. The van der Waals surface area contributed by atoms with Gasteiger partial charge in [0.25, 0.3) is 0 Å². The maximum atomic E-state index is 10.9. The van der Waals surface area contributed by atoms with Gasteiger partial charge in [-0.25, -0.2) is 0 Å². The lowest BCUT2D eigenvalue weighted by Crippen LogP contribution is -2.43. The molecule has 2 heterocycles. The summed E-state index contributed by atoms with van der Waals surface area (Å²) in [5.41, 5.74) is -0.228. The van der Waals surface area contributed by atoms with Crippen LogP contribution in [-0.2, 0) is 9.59 Å². The Morgan fingerprint density at radius 1 is 1.27 bits per heavy atom. The van der Waals surface area contributed by atoms with Crippen molar-refractivity contribution in [2.45, 2.75) is 24.8 Å². The molecular weight excluding hydrogens is 144 g/mol. The Kier molecular flexibility index (Phi) is 1.19. The SMILES string of the molecule is O=C1C[C@@]2(CCC(=O)N2)CN1. The molecule has 0 unspecified atom stereocenters. The second-order valence-electron chi connectivity index (χ2n) is 3.28. The smallest absolute Gasteiger partial charge is 0.222 e. The van der Waals surface area contributed by atoms with E-state index in [1.54, 1.807) is 0 Å². The lowest BCUT2D eigenvalue weighted by atomic mass is 9.97. The Hall–Kier alpha value is -1.06. The molecule has 2 aliphatic rings. The molecule has 4 nitrogen and oxygen atoms in total. The van der Waals surface area contributed by atoms with Crippen LogP contribution in [0.5, 0.6) is 0 Å². The Morgan fingerprint density at radius 3 is 2.55 bits per heavy atom. The molecule has 2 rings (SSSR count). The quantitative estimate of drug-likeness (QED) is 0.477. The highest BCUT2D eigenvalue weighted by Gasteiger charge is 2.43. The first kappa shape index (κ1) is 6.64. The van der Waals surface area contributed by atoms with Gasteiger partial charge in [0, 0.05) is 13.0 Å². The molecule has 2 fully saturated rings. The molecule has 2 amide bonds. The number of hydrogen-bond acceptors (Lipinski definition) is 2. The van der Waals surface area contributed by atoms with Crippen LogP contribution in [0.3, 0.4) is 0 Å². The molecule has 0 aromatic carbocycles. The normalized spacial score (nSPS) is 36.0. The lowest BCUT2D eigenvalue weighted by molar-refractivity contribution is -0.119. The number of hydrogen-bond donors (Lipinski definition) is 2. The Morgan fingerprint density at radius 2 is 2.09 bits per heavy atom. The van der Waals surface area contributed by atoms with Gasteiger partial charge >= 0.3 is 0 Å². The highest BCUT2D eigenvalue weighted by Crippen LogP contribution is 2.26. The van der Waals surface area contributed by atoms with Gasteiger partial charge in [-0.1, -0.05) is 0 Å². The first-order valence-electron chi connectivity index (χ1n) is 3.78. The number of carbonyl (C=O) groups excluding carboxylic acids is 2. The van der Waals surface area contributed by atoms with Crippen LogP contribution in [-0.4, -0.2) is 23.9 Å². The van der Waals surface area contributed by atoms with Gasteiger partial charge in [0.15, 0.2) is 0 Å². The van der Waals surface area contributed by atoms with Crippen LogP contribution in [0.2, 0.25) is 0 Å². The second-order valence-corrected chi connectivity index (χ2v) is 3.28. The molecule has 1 atom stereocenters. The molecule has 4 heteroatoms. The van der Waals surface area contributed by atoms with Crippen LogP contribution in [0.4, 0.5) is 0 Å². The van der Waals surface area contributed by atoms with E-state index < -0.39 is 0 Å². The molecule has 0 aromatic heterocycles. The van der Waals surface area contributed by atoms with Crippen molar-refractivity contribution in [3.05, 3.63) is 0 Å². The zero-order chi connectivity index (χ0) is 7.90. The van der Waals surface area contributed by atoms with Gasteiger partial charge in [0.1, 0.15) is 0 Å². The standard InChI is InChI=1S/C7H10N2O2/c10-5-1-2-7(9-5)3-6(11)8-4-7/h1-4H2,(H,8,11)(H,9,10)/t7-/m0/s1. The number of amides is 2. The van der Waals surface area contributed by atoms with Gasteiger partial charge < -0.3 is 10.6 Å². The summed E-state index contributed by atoms with van der Waals surface area (Å²) in [4.78, 5) is 21.7. The van der Waals surface area contributed by atoms with Gasteiger partial charge in [-0.05, 0) is 6.42 Å². The summed E-state index contributed by atoms with van der Waals surface area (Å²) >= 11 is 0. The Balaban J connectivity index is 2.13. The zero-order valence-corrected chi connectivity index (χ0v) is 6.14. The minimum Gasteiger partial charge on any atom is -0.354 e. The maximum absolute atomic E-state index is 10.9. The fourth-order valence-corrected chi connectivity index (χ4v) is 1.74. The number of rotatable bonds is 0. The van der Waals surface area contributed by atoms with Gasteiger partial charge in [0.2, 0.25) is 11.8 Å². The van der Waals surface area contributed by atoms with Crippen molar-refractivity contribution in [1.82, 2.24) is 10.6 Å². The molecule has 11 heavy (non-hydrogen) atoms. The summed E-state index contributed by atoms with van der Waals surface area (Å²) in [6.07, 6.45) is 1.82.